The van der Waals surface area contributed by atoms with Crippen LogP contribution in [0.2, 0.25) is 0 Å². The van der Waals surface area contributed by atoms with E-state index >= 15 is 0 Å². The zero-order valence-corrected chi connectivity index (χ0v) is 14.2. The number of nitro benzene ring substituents is 1. The Labute approximate surface area is 157 Å². The van der Waals surface area contributed by atoms with Gasteiger partial charge in [-0.3, -0.25) is 29.9 Å². The maximum atomic E-state index is 12.8. The molecule has 0 atom stereocenters. The highest BCUT2D eigenvalue weighted by Gasteiger charge is 2.34. The summed E-state index contributed by atoms with van der Waals surface area (Å²) in [7, 11) is 0. The molecule has 0 unspecified atom stereocenters. The molecule has 0 saturated carbocycles. The zero-order chi connectivity index (χ0) is 19.7. The number of anilines is 1. The van der Waals surface area contributed by atoms with Gasteiger partial charge in [-0.15, -0.1) is 5.75 Å². The Hall–Kier alpha value is -3.79. The first-order valence-corrected chi connectivity index (χ1v) is 7.83. The first-order valence-electron chi connectivity index (χ1n) is 7.42. The van der Waals surface area contributed by atoms with Crippen molar-refractivity contribution < 1.29 is 24.7 Å². The van der Waals surface area contributed by atoms with E-state index in [1.54, 1.807) is 30.3 Å². The van der Waals surface area contributed by atoms with Gasteiger partial charge in [-0.25, -0.2) is 0 Å². The number of benzene rings is 2. The first-order chi connectivity index (χ1) is 12.8. The van der Waals surface area contributed by atoms with Crippen LogP contribution in [0.15, 0.2) is 48.0 Å². The number of hydrogen-bond donors (Lipinski definition) is 1. The lowest BCUT2D eigenvalue weighted by Crippen LogP contribution is -2.54. The third kappa shape index (κ3) is 3.33. The minimum Gasteiger partial charge on any atom is -0.872 e. The molecule has 0 radical (unpaired) electrons. The lowest BCUT2D eigenvalue weighted by molar-refractivity contribution is -0.398. The van der Waals surface area contributed by atoms with Crippen LogP contribution in [0.5, 0.6) is 11.5 Å². The monoisotopic (exact) mass is 383 g/mol. The van der Waals surface area contributed by atoms with Crippen LogP contribution in [-0.2, 0) is 9.59 Å². The minimum atomic E-state index is -1.06. The van der Waals surface area contributed by atoms with Gasteiger partial charge < -0.3 is 10.2 Å². The zero-order valence-electron chi connectivity index (χ0n) is 13.4. The topological polar surface area (TPSA) is 139 Å². The lowest BCUT2D eigenvalue weighted by atomic mass is 10.1. The van der Waals surface area contributed by atoms with E-state index in [0.29, 0.717) is 11.8 Å². The number of hydrogen-bond acceptors (Lipinski definition) is 7. The van der Waals surface area contributed by atoms with Crippen molar-refractivity contribution in [3.63, 3.8) is 0 Å². The van der Waals surface area contributed by atoms with Crippen LogP contribution >= 0.6 is 12.2 Å². The number of carbonyl (C=O) groups excluding carboxylic acids is 2. The Kier molecular flexibility index (Phi) is 4.57. The van der Waals surface area contributed by atoms with Crippen molar-refractivity contribution in [2.24, 2.45) is 0 Å². The third-order valence-corrected chi connectivity index (χ3v) is 3.99. The number of amides is 2. The van der Waals surface area contributed by atoms with Crippen molar-refractivity contribution in [3.8, 4) is 11.5 Å². The SMILES string of the molecule is O=C1NC(=S)N(c2ccccc2)C(=O)/C1=C/c1cc([N+](=O)[O-])c([O-])cc1[O-]. The molecular formula is C17H9N3O6S-2. The smallest absolute Gasteiger partial charge is 0.270 e. The molecule has 0 aliphatic carbocycles. The van der Waals surface area contributed by atoms with Crippen LogP contribution in [0.1, 0.15) is 5.56 Å². The van der Waals surface area contributed by atoms with Crippen molar-refractivity contribution >= 4 is 46.6 Å². The van der Waals surface area contributed by atoms with Gasteiger partial charge in [0.15, 0.2) is 5.11 Å². The molecule has 1 heterocycles. The van der Waals surface area contributed by atoms with Crippen molar-refractivity contribution in [2.45, 2.75) is 0 Å². The van der Waals surface area contributed by atoms with Crippen LogP contribution in [0.25, 0.3) is 6.08 Å². The second-order valence-corrected chi connectivity index (χ2v) is 5.79. The summed E-state index contributed by atoms with van der Waals surface area (Å²) in [5, 5.41) is 36.6. The van der Waals surface area contributed by atoms with E-state index < -0.39 is 39.5 Å². The fourth-order valence-electron chi connectivity index (χ4n) is 2.45. The molecule has 1 saturated heterocycles. The summed E-state index contributed by atoms with van der Waals surface area (Å²) in [6, 6.07) is 9.51. The second kappa shape index (κ2) is 6.84. The fourth-order valence-corrected chi connectivity index (χ4v) is 2.73. The molecule has 10 heteroatoms. The van der Waals surface area contributed by atoms with E-state index in [2.05, 4.69) is 5.32 Å². The Balaban J connectivity index is 2.09. The first kappa shape index (κ1) is 18.0. The molecule has 136 valence electrons. The highest BCUT2D eigenvalue weighted by atomic mass is 32.1. The molecule has 9 nitrogen and oxygen atoms in total. The van der Waals surface area contributed by atoms with Gasteiger partial charge in [0.05, 0.1) is 10.6 Å². The maximum absolute atomic E-state index is 12.8. The summed E-state index contributed by atoms with van der Waals surface area (Å²) in [6.45, 7) is 0. The van der Waals surface area contributed by atoms with Crippen molar-refractivity contribution in [3.05, 3.63) is 63.7 Å². The second-order valence-electron chi connectivity index (χ2n) is 5.41. The number of carbonyl (C=O) groups is 2. The summed E-state index contributed by atoms with van der Waals surface area (Å²) < 4.78 is 0. The van der Waals surface area contributed by atoms with E-state index in [0.717, 1.165) is 17.0 Å². The highest BCUT2D eigenvalue weighted by Crippen LogP contribution is 2.31. The fraction of sp³-hybridized carbons (Fsp3) is 0. The van der Waals surface area contributed by atoms with Gasteiger partial charge in [-0.05, 0) is 41.7 Å². The summed E-state index contributed by atoms with van der Waals surface area (Å²) in [4.78, 5) is 36.0. The number of nitro groups is 1. The van der Waals surface area contributed by atoms with Gasteiger partial charge in [0.25, 0.3) is 17.5 Å². The van der Waals surface area contributed by atoms with Crippen molar-refractivity contribution in [1.82, 2.24) is 5.32 Å². The molecule has 3 rings (SSSR count). The third-order valence-electron chi connectivity index (χ3n) is 3.70. The predicted molar refractivity (Wildman–Crippen MR) is 94.6 cm³/mol. The van der Waals surface area contributed by atoms with E-state index in [4.69, 9.17) is 12.2 Å². The number of nitrogens with one attached hydrogen (secondary N) is 1. The van der Waals surface area contributed by atoms with Gasteiger partial charge in [0, 0.05) is 6.07 Å². The van der Waals surface area contributed by atoms with Gasteiger partial charge >= 0.3 is 0 Å². The molecule has 2 aromatic rings. The normalized spacial score (nSPS) is 15.8. The molecule has 27 heavy (non-hydrogen) atoms. The Bertz CT molecular complexity index is 1020. The van der Waals surface area contributed by atoms with Gasteiger partial charge in [0.2, 0.25) is 0 Å². The highest BCUT2D eigenvalue weighted by molar-refractivity contribution is 7.80. The average molecular weight is 383 g/mol. The number of thiocarbonyl (C=S) groups is 1. The number of nitrogens with zero attached hydrogens (tertiary/aromatic N) is 2. The Morgan fingerprint density at radius 1 is 1.07 bits per heavy atom. The van der Waals surface area contributed by atoms with Crippen LogP contribution < -0.4 is 20.4 Å². The van der Waals surface area contributed by atoms with Crippen LogP contribution in [0.4, 0.5) is 11.4 Å². The molecule has 1 N–H and O–H groups in total. The predicted octanol–water partition coefficient (Wildman–Crippen LogP) is 0.573. The molecule has 1 aliphatic rings. The summed E-state index contributed by atoms with van der Waals surface area (Å²) >= 11 is 5.03. The largest absolute Gasteiger partial charge is 0.872 e. The van der Waals surface area contributed by atoms with Crippen molar-refractivity contribution in [2.75, 3.05) is 4.90 Å². The maximum Gasteiger partial charge on any atom is 0.270 e. The molecule has 0 bridgehead atoms. The van der Waals surface area contributed by atoms with Crippen LogP contribution in [-0.4, -0.2) is 21.9 Å². The summed E-state index contributed by atoms with van der Waals surface area (Å²) in [6.07, 6.45) is 0.907. The summed E-state index contributed by atoms with van der Waals surface area (Å²) in [5.41, 5.74) is -1.22. The van der Waals surface area contributed by atoms with E-state index in [-0.39, 0.29) is 10.7 Å². The number of para-hydroxylation sites is 1. The minimum absolute atomic E-state index is 0.142. The Morgan fingerprint density at radius 3 is 2.37 bits per heavy atom. The molecular weight excluding hydrogens is 374 g/mol. The quantitative estimate of drug-likeness (QED) is 0.269. The van der Waals surface area contributed by atoms with Gasteiger partial charge in [-0.2, -0.15) is 0 Å². The van der Waals surface area contributed by atoms with E-state index in [1.165, 1.54) is 0 Å². The average Bonchev–Trinajstić information content (AvgIpc) is 2.60. The molecule has 1 fully saturated rings. The lowest BCUT2D eigenvalue weighted by Gasteiger charge is -2.29. The van der Waals surface area contributed by atoms with E-state index in [1.807, 2.05) is 0 Å². The summed E-state index contributed by atoms with van der Waals surface area (Å²) in [5.74, 6) is -3.56. The molecule has 2 aromatic carbocycles. The van der Waals surface area contributed by atoms with Crippen LogP contribution in [0.3, 0.4) is 0 Å². The number of rotatable bonds is 3. The van der Waals surface area contributed by atoms with Gasteiger partial charge in [0.1, 0.15) is 5.57 Å². The molecule has 1 aliphatic heterocycles. The van der Waals surface area contributed by atoms with Crippen molar-refractivity contribution in [1.29, 1.82) is 0 Å². The Morgan fingerprint density at radius 2 is 1.74 bits per heavy atom. The van der Waals surface area contributed by atoms with E-state index in [9.17, 15) is 29.9 Å². The molecule has 0 spiro atoms. The van der Waals surface area contributed by atoms with Gasteiger partial charge in [-0.1, -0.05) is 24.3 Å². The standard InChI is InChI=1S/C17H11N3O6S/c21-13-8-14(22)12(20(25)26)7-9(13)6-11-15(23)18-17(27)19(16(11)24)10-4-2-1-3-5-10/h1-8,21-22H,(H,18,23,27)/p-2/b11-6+. The van der Waals surface area contributed by atoms with Crippen LogP contribution in [0, 0.1) is 10.1 Å². The molecule has 0 aromatic heterocycles. The molecule has 2 amide bonds.